The lowest BCUT2D eigenvalue weighted by Gasteiger charge is -2.10. The first-order chi connectivity index (χ1) is 9.62. The first-order valence-electron chi connectivity index (χ1n) is 6.16. The topological polar surface area (TPSA) is 51.6 Å². The molecule has 0 fully saturated rings. The second kappa shape index (κ2) is 6.59. The summed E-state index contributed by atoms with van der Waals surface area (Å²) in [6.45, 7) is 2.15. The smallest absolute Gasteiger partial charge is 0.138 e. The second-order valence-corrected chi connectivity index (χ2v) is 4.76. The van der Waals surface area contributed by atoms with Gasteiger partial charge in [-0.15, -0.1) is 0 Å². The van der Waals surface area contributed by atoms with E-state index in [-0.39, 0.29) is 6.61 Å². The predicted molar refractivity (Wildman–Crippen MR) is 77.2 cm³/mol. The van der Waals surface area contributed by atoms with Crippen LogP contribution in [0, 0.1) is 6.92 Å². The lowest BCUT2D eigenvalue weighted by atomic mass is 10.2. The van der Waals surface area contributed by atoms with Gasteiger partial charge in [0, 0.05) is 17.8 Å². The van der Waals surface area contributed by atoms with Crippen LogP contribution in [0.2, 0.25) is 5.02 Å². The number of rotatable bonds is 5. The molecule has 0 aliphatic heterocycles. The van der Waals surface area contributed by atoms with Crippen LogP contribution in [0.4, 0.5) is 0 Å². The normalized spacial score (nSPS) is 10.4. The zero-order valence-corrected chi connectivity index (χ0v) is 12.1. The lowest BCUT2D eigenvalue weighted by molar-refractivity contribution is 0.280. The number of pyridine rings is 1. The summed E-state index contributed by atoms with van der Waals surface area (Å²) in [5.74, 6) is 1.31. The molecule has 0 spiro atoms. The Morgan fingerprint density at radius 1 is 1.25 bits per heavy atom. The van der Waals surface area contributed by atoms with E-state index in [1.165, 1.54) is 0 Å². The molecule has 2 rings (SSSR count). The first kappa shape index (κ1) is 14.6. The zero-order chi connectivity index (χ0) is 14.5. The van der Waals surface area contributed by atoms with Crippen LogP contribution in [0.1, 0.15) is 17.0 Å². The minimum absolute atomic E-state index is 0.0450. The maximum absolute atomic E-state index is 9.03. The van der Waals surface area contributed by atoms with Crippen LogP contribution in [-0.2, 0) is 13.2 Å². The molecule has 0 unspecified atom stereocenters. The highest BCUT2D eigenvalue weighted by Crippen LogP contribution is 2.26. The highest BCUT2D eigenvalue weighted by Gasteiger charge is 2.05. The van der Waals surface area contributed by atoms with Gasteiger partial charge in [0.1, 0.15) is 18.1 Å². The summed E-state index contributed by atoms with van der Waals surface area (Å²) >= 11 is 6.08. The van der Waals surface area contributed by atoms with Crippen molar-refractivity contribution in [1.29, 1.82) is 0 Å². The minimum Gasteiger partial charge on any atom is -0.497 e. The molecule has 2 aromatic rings. The number of hydrogen-bond donors (Lipinski definition) is 1. The zero-order valence-electron chi connectivity index (χ0n) is 11.4. The number of aliphatic hydroxyl groups is 1. The van der Waals surface area contributed by atoms with E-state index in [0.717, 1.165) is 22.7 Å². The number of nitrogens with zero attached hydrogens (tertiary/aromatic N) is 1. The number of aryl methyl sites for hydroxylation is 1. The van der Waals surface area contributed by atoms with E-state index in [9.17, 15) is 0 Å². The predicted octanol–water partition coefficient (Wildman–Crippen LogP) is 3.12. The van der Waals surface area contributed by atoms with Crippen molar-refractivity contribution < 1.29 is 14.6 Å². The van der Waals surface area contributed by atoms with Gasteiger partial charge >= 0.3 is 0 Å². The Morgan fingerprint density at radius 2 is 2.05 bits per heavy atom. The summed E-state index contributed by atoms with van der Waals surface area (Å²) in [7, 11) is 1.61. The SMILES string of the molecule is COc1cc(C)nc(COc2ccc(CO)cc2Cl)c1. The molecule has 4 nitrogen and oxygen atoms in total. The quantitative estimate of drug-likeness (QED) is 0.920. The third-order valence-corrected chi connectivity index (χ3v) is 3.07. The summed E-state index contributed by atoms with van der Waals surface area (Å²) in [5.41, 5.74) is 2.38. The Balaban J connectivity index is 2.10. The average molecular weight is 294 g/mol. The fraction of sp³-hybridized carbons (Fsp3) is 0.267. The van der Waals surface area contributed by atoms with E-state index in [1.807, 2.05) is 19.1 Å². The number of halogens is 1. The second-order valence-electron chi connectivity index (χ2n) is 4.35. The summed E-state index contributed by atoms with van der Waals surface area (Å²) < 4.78 is 10.8. The Hall–Kier alpha value is -1.78. The van der Waals surface area contributed by atoms with Crippen LogP contribution in [0.5, 0.6) is 11.5 Å². The van der Waals surface area contributed by atoms with Gasteiger partial charge in [0.05, 0.1) is 24.4 Å². The molecule has 5 heteroatoms. The molecule has 0 saturated heterocycles. The number of aliphatic hydroxyl groups excluding tert-OH is 1. The molecule has 0 radical (unpaired) electrons. The van der Waals surface area contributed by atoms with Crippen molar-refractivity contribution in [3.63, 3.8) is 0 Å². The van der Waals surface area contributed by atoms with E-state index >= 15 is 0 Å². The van der Waals surface area contributed by atoms with Crippen molar-refractivity contribution in [1.82, 2.24) is 4.98 Å². The van der Waals surface area contributed by atoms with Crippen LogP contribution in [0.25, 0.3) is 0 Å². The van der Waals surface area contributed by atoms with E-state index in [2.05, 4.69) is 4.98 Å². The van der Waals surface area contributed by atoms with Gasteiger partial charge in [0.2, 0.25) is 0 Å². The summed E-state index contributed by atoms with van der Waals surface area (Å²) in [5, 5.41) is 9.49. The van der Waals surface area contributed by atoms with Gasteiger partial charge in [-0.3, -0.25) is 4.98 Å². The van der Waals surface area contributed by atoms with E-state index in [4.69, 9.17) is 26.2 Å². The Kier molecular flexibility index (Phi) is 4.82. The molecule has 20 heavy (non-hydrogen) atoms. The highest BCUT2D eigenvalue weighted by atomic mass is 35.5. The molecule has 0 aliphatic carbocycles. The van der Waals surface area contributed by atoms with Crippen LogP contribution in [-0.4, -0.2) is 17.2 Å². The molecule has 0 atom stereocenters. The van der Waals surface area contributed by atoms with Crippen LogP contribution >= 0.6 is 11.6 Å². The highest BCUT2D eigenvalue weighted by molar-refractivity contribution is 6.32. The van der Waals surface area contributed by atoms with Gasteiger partial charge in [-0.1, -0.05) is 17.7 Å². The third kappa shape index (κ3) is 3.62. The molecule has 0 saturated carbocycles. The van der Waals surface area contributed by atoms with Gasteiger partial charge in [-0.25, -0.2) is 0 Å². The molecule has 1 aromatic heterocycles. The van der Waals surface area contributed by atoms with Crippen molar-refractivity contribution in [3.8, 4) is 11.5 Å². The average Bonchev–Trinajstić information content (AvgIpc) is 2.45. The molecule has 0 bridgehead atoms. The third-order valence-electron chi connectivity index (χ3n) is 2.77. The van der Waals surface area contributed by atoms with Crippen molar-refractivity contribution in [2.75, 3.05) is 7.11 Å². The van der Waals surface area contributed by atoms with Crippen LogP contribution in [0.15, 0.2) is 30.3 Å². The summed E-state index contributed by atoms with van der Waals surface area (Å²) in [4.78, 5) is 4.37. The van der Waals surface area contributed by atoms with Crippen LogP contribution in [0.3, 0.4) is 0 Å². The molecule has 0 aliphatic rings. The van der Waals surface area contributed by atoms with Crippen molar-refractivity contribution in [2.24, 2.45) is 0 Å². The monoisotopic (exact) mass is 293 g/mol. The van der Waals surface area contributed by atoms with Gasteiger partial charge in [-0.2, -0.15) is 0 Å². The van der Waals surface area contributed by atoms with Crippen molar-refractivity contribution in [2.45, 2.75) is 20.1 Å². The Bertz CT molecular complexity index is 602. The van der Waals surface area contributed by atoms with E-state index in [0.29, 0.717) is 17.4 Å². The van der Waals surface area contributed by atoms with Gasteiger partial charge in [0.15, 0.2) is 0 Å². The standard InChI is InChI=1S/C15H16ClNO3/c1-10-5-13(19-2)7-12(17-10)9-20-15-4-3-11(8-18)6-14(15)16/h3-7,18H,8-9H2,1-2H3. The molecule has 0 amide bonds. The number of aromatic nitrogens is 1. The maximum Gasteiger partial charge on any atom is 0.138 e. The Morgan fingerprint density at radius 3 is 2.70 bits per heavy atom. The number of ether oxygens (including phenoxy) is 2. The van der Waals surface area contributed by atoms with Crippen LogP contribution < -0.4 is 9.47 Å². The minimum atomic E-state index is -0.0450. The molecular weight excluding hydrogens is 278 g/mol. The lowest BCUT2D eigenvalue weighted by Crippen LogP contribution is -2.01. The molecule has 1 heterocycles. The number of hydrogen-bond acceptors (Lipinski definition) is 4. The van der Waals surface area contributed by atoms with Gasteiger partial charge < -0.3 is 14.6 Å². The van der Waals surface area contributed by atoms with E-state index < -0.39 is 0 Å². The summed E-state index contributed by atoms with van der Waals surface area (Å²) in [6.07, 6.45) is 0. The maximum atomic E-state index is 9.03. The van der Waals surface area contributed by atoms with E-state index in [1.54, 1.807) is 25.3 Å². The number of benzene rings is 1. The largest absolute Gasteiger partial charge is 0.497 e. The van der Waals surface area contributed by atoms with Crippen molar-refractivity contribution in [3.05, 3.63) is 52.3 Å². The fourth-order valence-corrected chi connectivity index (χ4v) is 2.06. The van der Waals surface area contributed by atoms with Crippen molar-refractivity contribution >= 4 is 11.6 Å². The summed E-state index contributed by atoms with van der Waals surface area (Å²) in [6, 6.07) is 8.86. The van der Waals surface area contributed by atoms with Gasteiger partial charge in [0.25, 0.3) is 0 Å². The first-order valence-corrected chi connectivity index (χ1v) is 6.54. The fourth-order valence-electron chi connectivity index (χ4n) is 1.81. The molecule has 1 N–H and O–H groups in total. The van der Waals surface area contributed by atoms with Gasteiger partial charge in [-0.05, 0) is 24.6 Å². The molecular formula is C15H16ClNO3. The molecule has 106 valence electrons. The number of methoxy groups -OCH3 is 1. The Labute approximate surface area is 122 Å². The molecule has 1 aromatic carbocycles.